The molecule has 0 saturated carbocycles. The Bertz CT molecular complexity index is 1260. The highest BCUT2D eigenvalue weighted by atomic mass is 16.5. The van der Waals surface area contributed by atoms with Gasteiger partial charge in [0, 0.05) is 18.1 Å². The first-order chi connectivity index (χ1) is 16.5. The topological polar surface area (TPSA) is 51.5 Å². The lowest BCUT2D eigenvalue weighted by molar-refractivity contribution is -0.133. The lowest BCUT2D eigenvalue weighted by Crippen LogP contribution is -2.49. The molecule has 0 bridgehead atoms. The number of nitrogens with zero attached hydrogens (tertiary/aromatic N) is 2. The maximum Gasteiger partial charge on any atom is 0.254 e. The zero-order valence-electron chi connectivity index (χ0n) is 19.8. The number of para-hydroxylation sites is 1. The van der Waals surface area contributed by atoms with Gasteiger partial charge in [0.25, 0.3) is 5.91 Å². The Balaban J connectivity index is 1.69. The molecule has 34 heavy (non-hydrogen) atoms. The number of amides is 1. The Labute approximate surface area is 200 Å². The molecule has 0 aliphatic rings. The summed E-state index contributed by atoms with van der Waals surface area (Å²) in [4.78, 5) is 29.3. The van der Waals surface area contributed by atoms with Crippen LogP contribution in [-0.4, -0.2) is 34.4 Å². The molecule has 0 fully saturated rings. The first-order valence-electron chi connectivity index (χ1n) is 11.5. The molecule has 1 atom stereocenters. The molecule has 4 rings (SSSR count). The third-order valence-electron chi connectivity index (χ3n) is 6.09. The summed E-state index contributed by atoms with van der Waals surface area (Å²) in [5, 5.41) is 0.998. The van der Waals surface area contributed by atoms with Crippen molar-refractivity contribution in [1.82, 2.24) is 9.47 Å². The van der Waals surface area contributed by atoms with Crippen LogP contribution < -0.4 is 4.74 Å². The minimum absolute atomic E-state index is 0.0720. The highest BCUT2D eigenvalue weighted by molar-refractivity contribution is 5.97. The summed E-state index contributed by atoms with van der Waals surface area (Å²) in [6.07, 6.45) is 2.01. The number of benzene rings is 3. The second-order valence-corrected chi connectivity index (χ2v) is 8.80. The highest BCUT2D eigenvalue weighted by Crippen LogP contribution is 2.23. The quantitative estimate of drug-likeness (QED) is 0.349. The molecule has 3 aromatic carbocycles. The van der Waals surface area contributed by atoms with E-state index < -0.39 is 6.04 Å². The van der Waals surface area contributed by atoms with Gasteiger partial charge in [0.2, 0.25) is 5.91 Å². The number of carbonyl (C=O) groups excluding carboxylic acids is 2. The molecule has 0 spiro atoms. The fraction of sp³-hybridized carbons (Fsp3) is 0.241. The highest BCUT2D eigenvalue weighted by Gasteiger charge is 2.33. The third kappa shape index (κ3) is 5.04. The first-order valence-corrected chi connectivity index (χ1v) is 11.5. The second-order valence-electron chi connectivity index (χ2n) is 8.80. The van der Waals surface area contributed by atoms with Gasteiger partial charge in [0.1, 0.15) is 11.8 Å². The summed E-state index contributed by atoms with van der Waals surface area (Å²) in [6.45, 7) is 4.35. The van der Waals surface area contributed by atoms with Gasteiger partial charge in [-0.3, -0.25) is 14.2 Å². The second kappa shape index (κ2) is 10.4. The summed E-state index contributed by atoms with van der Waals surface area (Å²) < 4.78 is 6.91. The van der Waals surface area contributed by atoms with Crippen molar-refractivity contribution in [2.24, 2.45) is 5.92 Å². The molecule has 1 aromatic heterocycles. The predicted molar refractivity (Wildman–Crippen MR) is 135 cm³/mol. The summed E-state index contributed by atoms with van der Waals surface area (Å²) in [6, 6.07) is 26.4. The zero-order valence-corrected chi connectivity index (χ0v) is 19.8. The Hall–Kier alpha value is -3.86. The molecule has 0 aliphatic heterocycles. The predicted octanol–water partition coefficient (Wildman–Crippen LogP) is 5.59. The Kier molecular flexibility index (Phi) is 7.12. The van der Waals surface area contributed by atoms with Gasteiger partial charge < -0.3 is 9.64 Å². The molecule has 0 N–H and O–H groups in total. The molecule has 0 radical (unpaired) electrons. The van der Waals surface area contributed by atoms with E-state index in [2.05, 4.69) is 0 Å². The molecular formula is C29H30N2O3. The molecule has 5 nitrogen and oxygen atoms in total. The average Bonchev–Trinajstić information content (AvgIpc) is 3.29. The third-order valence-corrected chi connectivity index (χ3v) is 6.09. The van der Waals surface area contributed by atoms with Crippen molar-refractivity contribution in [1.29, 1.82) is 0 Å². The normalized spacial score (nSPS) is 12.0. The van der Waals surface area contributed by atoms with Crippen molar-refractivity contribution in [3.05, 3.63) is 102 Å². The van der Waals surface area contributed by atoms with Crippen LogP contribution in [0.3, 0.4) is 0 Å². The van der Waals surface area contributed by atoms with Crippen LogP contribution in [0.1, 0.15) is 29.8 Å². The molecule has 0 saturated heterocycles. The number of rotatable bonds is 8. The van der Waals surface area contributed by atoms with Crippen LogP contribution in [0.5, 0.6) is 5.75 Å². The van der Waals surface area contributed by atoms with Crippen molar-refractivity contribution in [3.63, 3.8) is 0 Å². The zero-order chi connectivity index (χ0) is 24.1. The van der Waals surface area contributed by atoms with Gasteiger partial charge in [0.15, 0.2) is 0 Å². The van der Waals surface area contributed by atoms with Crippen LogP contribution in [0.2, 0.25) is 0 Å². The van der Waals surface area contributed by atoms with Crippen LogP contribution in [0.4, 0.5) is 0 Å². The van der Waals surface area contributed by atoms with Crippen molar-refractivity contribution in [3.8, 4) is 5.75 Å². The first kappa shape index (κ1) is 23.3. The Morgan fingerprint density at radius 2 is 1.53 bits per heavy atom. The number of hydrogen-bond donors (Lipinski definition) is 0. The van der Waals surface area contributed by atoms with Gasteiger partial charge in [-0.2, -0.15) is 0 Å². The van der Waals surface area contributed by atoms with E-state index in [9.17, 15) is 9.59 Å². The fourth-order valence-electron chi connectivity index (χ4n) is 4.34. The van der Waals surface area contributed by atoms with Gasteiger partial charge in [-0.15, -0.1) is 0 Å². The van der Waals surface area contributed by atoms with Crippen LogP contribution in [0, 0.1) is 5.92 Å². The molecule has 1 heterocycles. The van der Waals surface area contributed by atoms with Crippen LogP contribution in [0.25, 0.3) is 10.9 Å². The van der Waals surface area contributed by atoms with Crippen molar-refractivity contribution in [2.45, 2.75) is 32.9 Å². The molecule has 174 valence electrons. The molecule has 1 unspecified atom stereocenters. The minimum Gasteiger partial charge on any atom is -0.497 e. The van der Waals surface area contributed by atoms with Gasteiger partial charge in [-0.1, -0.05) is 74.5 Å². The van der Waals surface area contributed by atoms with Crippen LogP contribution >= 0.6 is 0 Å². The van der Waals surface area contributed by atoms with E-state index >= 15 is 0 Å². The summed E-state index contributed by atoms with van der Waals surface area (Å²) in [5.41, 5.74) is 2.71. The van der Waals surface area contributed by atoms with Gasteiger partial charge in [-0.25, -0.2) is 0 Å². The number of aromatic nitrogens is 1. The van der Waals surface area contributed by atoms with Gasteiger partial charge in [0.05, 0.1) is 19.0 Å². The summed E-state index contributed by atoms with van der Waals surface area (Å²) in [7, 11) is 1.62. The summed E-state index contributed by atoms with van der Waals surface area (Å²) in [5.74, 6) is 0.483. The smallest absolute Gasteiger partial charge is 0.254 e. The van der Waals surface area contributed by atoms with E-state index in [-0.39, 0.29) is 24.2 Å². The molecule has 1 amide bonds. The standard InChI is InChI=1S/C29H30N2O3/c1-21(2)28(29(33)30-18-17-24-11-7-8-12-26(24)30)31(20-23-9-5-4-6-10-23)27(32)19-22-13-15-25(34-3)16-14-22/h4-18,21,28H,19-20H2,1-3H3. The van der Waals surface area contributed by atoms with Crippen molar-refractivity contribution >= 4 is 22.7 Å². The van der Waals surface area contributed by atoms with Crippen molar-refractivity contribution < 1.29 is 14.3 Å². The lowest BCUT2D eigenvalue weighted by atomic mass is 9.99. The number of carbonyl (C=O) groups is 2. The van der Waals surface area contributed by atoms with Crippen LogP contribution in [-0.2, 0) is 17.8 Å². The Morgan fingerprint density at radius 1 is 0.853 bits per heavy atom. The van der Waals surface area contributed by atoms with Gasteiger partial charge in [-0.05, 0) is 41.3 Å². The molecule has 5 heteroatoms. The fourth-order valence-corrected chi connectivity index (χ4v) is 4.34. The van der Waals surface area contributed by atoms with E-state index in [0.29, 0.717) is 6.54 Å². The van der Waals surface area contributed by atoms with E-state index in [0.717, 1.165) is 27.8 Å². The number of hydrogen-bond acceptors (Lipinski definition) is 3. The van der Waals surface area contributed by atoms with Crippen LogP contribution in [0.15, 0.2) is 91.1 Å². The number of fused-ring (bicyclic) bond motifs is 1. The maximum absolute atomic E-state index is 13.9. The van der Waals surface area contributed by atoms with Crippen molar-refractivity contribution in [2.75, 3.05) is 7.11 Å². The largest absolute Gasteiger partial charge is 0.497 e. The molecular weight excluding hydrogens is 424 g/mol. The SMILES string of the molecule is COc1ccc(CC(=O)N(Cc2ccccc2)C(C(=O)n2ccc3ccccc32)C(C)C)cc1. The average molecular weight is 455 g/mol. The number of methoxy groups -OCH3 is 1. The lowest BCUT2D eigenvalue weighted by Gasteiger charge is -2.34. The van der Waals surface area contributed by atoms with Gasteiger partial charge >= 0.3 is 0 Å². The minimum atomic E-state index is -0.609. The monoisotopic (exact) mass is 454 g/mol. The number of ether oxygens (including phenoxy) is 1. The van der Waals surface area contributed by atoms with E-state index in [1.807, 2.05) is 98.8 Å². The molecule has 0 aliphatic carbocycles. The maximum atomic E-state index is 13.9. The van der Waals surface area contributed by atoms with E-state index in [4.69, 9.17) is 4.74 Å². The Morgan fingerprint density at radius 3 is 2.21 bits per heavy atom. The van der Waals surface area contributed by atoms with E-state index in [1.165, 1.54) is 0 Å². The summed E-state index contributed by atoms with van der Waals surface area (Å²) >= 11 is 0. The van der Waals surface area contributed by atoms with E-state index in [1.54, 1.807) is 22.8 Å². The molecule has 4 aromatic rings.